The highest BCUT2D eigenvalue weighted by atomic mass is 31.2. The van der Waals surface area contributed by atoms with Crippen LogP contribution < -0.4 is 0 Å². The lowest BCUT2D eigenvalue weighted by Gasteiger charge is -2.21. The van der Waals surface area contributed by atoms with Crippen LogP contribution in [0.4, 0.5) is 0 Å². The normalized spacial score (nSPS) is 14.7. The van der Waals surface area contributed by atoms with Crippen molar-refractivity contribution >= 4 is 39.5 Å². The Balaban J connectivity index is 5.40. The third-order valence-corrected chi connectivity index (χ3v) is 17.4. The van der Waals surface area contributed by atoms with E-state index in [1.54, 1.807) is 0 Å². The first kappa shape index (κ1) is 95.2. The molecule has 0 amide bonds. The Morgan fingerprint density at radius 2 is 0.540 bits per heavy atom. The molecule has 572 valence electrons. The van der Waals surface area contributed by atoms with Gasteiger partial charge in [-0.25, -0.2) is 9.13 Å². The van der Waals surface area contributed by atoms with Crippen LogP contribution in [-0.2, 0) is 65.4 Å². The molecular formula is C81H136O17P2. The van der Waals surface area contributed by atoms with Gasteiger partial charge in [0.1, 0.15) is 19.3 Å². The van der Waals surface area contributed by atoms with Gasteiger partial charge in [-0.3, -0.25) is 37.3 Å². The lowest BCUT2D eigenvalue weighted by atomic mass is 10.1. The predicted molar refractivity (Wildman–Crippen MR) is 408 cm³/mol. The van der Waals surface area contributed by atoms with E-state index >= 15 is 0 Å². The molecule has 0 radical (unpaired) electrons. The number of phosphoric ester groups is 2. The number of aliphatic hydroxyl groups is 1. The Hall–Kier alpha value is -4.80. The third-order valence-electron chi connectivity index (χ3n) is 15.5. The molecule has 0 aromatic heterocycles. The molecule has 100 heavy (non-hydrogen) atoms. The Kier molecular flexibility index (Phi) is 69.1. The number of hydrogen-bond acceptors (Lipinski definition) is 15. The van der Waals surface area contributed by atoms with Gasteiger partial charge < -0.3 is 33.8 Å². The molecule has 19 heteroatoms. The van der Waals surface area contributed by atoms with Gasteiger partial charge in [0, 0.05) is 25.7 Å². The molecule has 0 fully saturated rings. The van der Waals surface area contributed by atoms with Gasteiger partial charge in [0.25, 0.3) is 0 Å². The molecule has 0 aliphatic heterocycles. The second kappa shape index (κ2) is 72.5. The zero-order valence-electron chi connectivity index (χ0n) is 62.3. The lowest BCUT2D eigenvalue weighted by Crippen LogP contribution is -2.30. The second-order valence-corrected chi connectivity index (χ2v) is 28.1. The van der Waals surface area contributed by atoms with Crippen LogP contribution in [0, 0.1) is 0 Å². The number of ether oxygens (including phenoxy) is 4. The number of carbonyl (C=O) groups is 4. The molecule has 0 rings (SSSR count). The summed E-state index contributed by atoms with van der Waals surface area (Å²) in [7, 11) is -9.98. The van der Waals surface area contributed by atoms with Gasteiger partial charge in [0.15, 0.2) is 12.2 Å². The summed E-state index contributed by atoms with van der Waals surface area (Å²) in [5.41, 5.74) is 0. The zero-order valence-corrected chi connectivity index (χ0v) is 64.1. The van der Waals surface area contributed by atoms with E-state index in [2.05, 4.69) is 161 Å². The molecule has 0 aliphatic carbocycles. The minimum Gasteiger partial charge on any atom is -0.462 e. The Morgan fingerprint density at radius 1 is 0.290 bits per heavy atom. The summed E-state index contributed by atoms with van der Waals surface area (Å²) in [5.74, 6) is -2.27. The monoisotopic (exact) mass is 1440 g/mol. The second-order valence-electron chi connectivity index (χ2n) is 25.2. The predicted octanol–water partition coefficient (Wildman–Crippen LogP) is 22.1. The van der Waals surface area contributed by atoms with Gasteiger partial charge in [-0.05, 0) is 154 Å². The summed E-state index contributed by atoms with van der Waals surface area (Å²) < 4.78 is 68.4. The summed E-state index contributed by atoms with van der Waals surface area (Å²) in [6.45, 7) is 4.50. The summed E-state index contributed by atoms with van der Waals surface area (Å²) in [6, 6.07) is 0. The van der Waals surface area contributed by atoms with Crippen LogP contribution in [0.3, 0.4) is 0 Å². The number of hydrogen-bond donors (Lipinski definition) is 3. The van der Waals surface area contributed by atoms with Crippen molar-refractivity contribution < 1.29 is 80.2 Å². The largest absolute Gasteiger partial charge is 0.472 e. The van der Waals surface area contributed by atoms with E-state index in [4.69, 9.17) is 37.0 Å². The number of rotatable bonds is 71. The molecule has 5 unspecified atom stereocenters. The molecular weight excluding hydrogens is 1310 g/mol. The number of carbonyl (C=O) groups excluding carboxylic acids is 4. The lowest BCUT2D eigenvalue weighted by molar-refractivity contribution is -0.161. The molecule has 0 spiro atoms. The number of unbranched alkanes of at least 4 members (excludes halogenated alkanes) is 23. The Bertz CT molecular complexity index is 2420. The standard InChI is InChI=1S/C81H136O17P2/c1-5-9-13-17-21-25-29-33-35-36-37-38-40-43-46-50-54-58-62-66-79(84)92-72-77(98-81(86)68-64-60-56-52-48-44-39-34-30-26-22-18-14-10-6-2)74-96-100(89,90)94-70-75(82)69-93-99(87,88)95-73-76(97-80(85)67-63-59-55-51-47-42-32-28-24-20-16-12-8-4)71-91-78(83)65-61-57-53-49-45-41-31-27-23-19-15-11-7-3/h10,14-16,19-22,25-28,31-35,37-39,48,52,75-77,82H,5-9,11-13,17-18,23-24,29-30,36,40-47,49-51,53-74H2,1-4H3,(H,87,88)(H,89,90)/b14-10-,19-15-,20-16-,25-21-,26-22-,31-27-,32-28-,35-33-,38-37-,39-34-,52-48-. The van der Waals surface area contributed by atoms with E-state index in [0.717, 1.165) is 193 Å². The molecule has 0 bridgehead atoms. The van der Waals surface area contributed by atoms with Crippen LogP contribution in [0.1, 0.15) is 297 Å². The van der Waals surface area contributed by atoms with Crippen LogP contribution in [0.25, 0.3) is 0 Å². The fourth-order valence-electron chi connectivity index (χ4n) is 9.70. The summed E-state index contributed by atoms with van der Waals surface area (Å²) >= 11 is 0. The topological polar surface area (TPSA) is 237 Å². The van der Waals surface area contributed by atoms with E-state index in [0.29, 0.717) is 32.1 Å². The average molecular weight is 1440 g/mol. The fourth-order valence-corrected chi connectivity index (χ4v) is 11.3. The van der Waals surface area contributed by atoms with E-state index in [1.807, 2.05) is 0 Å². The van der Waals surface area contributed by atoms with Crippen LogP contribution in [0.2, 0.25) is 0 Å². The highest BCUT2D eigenvalue weighted by Crippen LogP contribution is 2.45. The van der Waals surface area contributed by atoms with Crippen molar-refractivity contribution in [1.29, 1.82) is 0 Å². The van der Waals surface area contributed by atoms with Crippen LogP contribution in [0.5, 0.6) is 0 Å². The summed E-state index contributed by atoms with van der Waals surface area (Å²) in [4.78, 5) is 72.9. The van der Waals surface area contributed by atoms with Crippen LogP contribution in [-0.4, -0.2) is 96.7 Å². The average Bonchev–Trinajstić information content (AvgIpc) is 0.946. The van der Waals surface area contributed by atoms with Crippen molar-refractivity contribution in [2.24, 2.45) is 0 Å². The quantitative estimate of drug-likeness (QED) is 0.0169. The molecule has 0 heterocycles. The Labute approximate surface area is 605 Å². The van der Waals surface area contributed by atoms with E-state index < -0.39 is 97.5 Å². The first-order valence-electron chi connectivity index (χ1n) is 38.4. The number of aliphatic hydroxyl groups excluding tert-OH is 1. The first-order valence-corrected chi connectivity index (χ1v) is 41.4. The third kappa shape index (κ3) is 71.6. The number of phosphoric acid groups is 2. The minimum absolute atomic E-state index is 0.0359. The zero-order chi connectivity index (χ0) is 73.2. The van der Waals surface area contributed by atoms with Crippen LogP contribution in [0.15, 0.2) is 134 Å². The molecule has 0 aromatic rings. The highest BCUT2D eigenvalue weighted by molar-refractivity contribution is 7.47. The van der Waals surface area contributed by atoms with Crippen molar-refractivity contribution in [3.05, 3.63) is 134 Å². The minimum atomic E-state index is -4.99. The van der Waals surface area contributed by atoms with Crippen molar-refractivity contribution in [1.82, 2.24) is 0 Å². The van der Waals surface area contributed by atoms with E-state index in [-0.39, 0.29) is 25.7 Å². The van der Waals surface area contributed by atoms with Gasteiger partial charge in [-0.2, -0.15) is 0 Å². The van der Waals surface area contributed by atoms with Crippen molar-refractivity contribution in [2.45, 2.75) is 316 Å². The number of allylic oxidation sites excluding steroid dienone is 22. The molecule has 17 nitrogen and oxygen atoms in total. The summed E-state index contributed by atoms with van der Waals surface area (Å²) in [6.07, 6.45) is 80.2. The highest BCUT2D eigenvalue weighted by Gasteiger charge is 2.30. The van der Waals surface area contributed by atoms with Crippen LogP contribution >= 0.6 is 15.6 Å². The molecule has 0 saturated heterocycles. The van der Waals surface area contributed by atoms with E-state index in [1.165, 1.54) is 19.3 Å². The number of esters is 4. The molecule has 3 N–H and O–H groups in total. The maximum absolute atomic E-state index is 13.1. The Morgan fingerprint density at radius 3 is 0.860 bits per heavy atom. The first-order chi connectivity index (χ1) is 48.7. The maximum Gasteiger partial charge on any atom is 0.472 e. The van der Waals surface area contributed by atoms with E-state index in [9.17, 15) is 43.2 Å². The van der Waals surface area contributed by atoms with Gasteiger partial charge in [0.05, 0.1) is 26.4 Å². The summed E-state index contributed by atoms with van der Waals surface area (Å²) in [5, 5.41) is 10.6. The van der Waals surface area contributed by atoms with Gasteiger partial charge in [-0.1, -0.05) is 251 Å². The molecule has 5 atom stereocenters. The van der Waals surface area contributed by atoms with Gasteiger partial charge in [-0.15, -0.1) is 0 Å². The van der Waals surface area contributed by atoms with Gasteiger partial charge >= 0.3 is 39.5 Å². The molecule has 0 aliphatic rings. The molecule has 0 saturated carbocycles. The van der Waals surface area contributed by atoms with Crippen molar-refractivity contribution in [3.8, 4) is 0 Å². The molecule has 0 aromatic carbocycles. The van der Waals surface area contributed by atoms with Crippen molar-refractivity contribution in [3.63, 3.8) is 0 Å². The smallest absolute Gasteiger partial charge is 0.462 e. The van der Waals surface area contributed by atoms with Crippen molar-refractivity contribution in [2.75, 3.05) is 39.6 Å². The fraction of sp³-hybridized carbons (Fsp3) is 0.679. The maximum atomic E-state index is 13.1. The van der Waals surface area contributed by atoms with Gasteiger partial charge in [0.2, 0.25) is 0 Å². The SMILES string of the molecule is CC/C=C\C/C=C\C/C=C\C/C=C\CCCCC(=O)OC(COC(=O)CCCCCCCC/C=C\C/C=C\C/C=C\CCCCC)COP(=O)(O)OCC(O)COP(=O)(O)OCC(COC(=O)CCCCCCC/C=C\C/C=C\CCC)OC(=O)CCCCCCC/C=C\C/C=C\CCC.